The normalized spacial score (nSPS) is 14.1. The number of ether oxygens (including phenoxy) is 1. The van der Waals surface area contributed by atoms with Gasteiger partial charge >= 0.3 is 0 Å². The Kier molecular flexibility index (Phi) is 4.77. The standard InChI is InChI=1S/C20H23N5O2/c1-14-22-18-13-24(9-6-17(18)20(26)23-14)11-15-4-5-19(27-2)16(10-15)12-25-8-3-7-21-25/h3-5,7-8,10H,6,9,11-13H2,1-2H3,(H,22,23,26). The minimum absolute atomic E-state index is 0.00288. The Morgan fingerprint density at radius 1 is 1.30 bits per heavy atom. The summed E-state index contributed by atoms with van der Waals surface area (Å²) in [5, 5.41) is 4.28. The summed E-state index contributed by atoms with van der Waals surface area (Å²) >= 11 is 0. The SMILES string of the molecule is COc1ccc(CN2CCc3c(nc(C)[nH]c3=O)C2)cc1Cn1cccn1. The van der Waals surface area contributed by atoms with Crippen LogP contribution in [-0.2, 0) is 26.1 Å². The third-order valence-electron chi connectivity index (χ3n) is 4.91. The summed E-state index contributed by atoms with van der Waals surface area (Å²) in [6, 6.07) is 8.20. The molecule has 0 aliphatic carbocycles. The number of methoxy groups -OCH3 is 1. The number of fused-ring (bicyclic) bond motifs is 1. The monoisotopic (exact) mass is 365 g/mol. The van der Waals surface area contributed by atoms with Crippen LogP contribution in [0.5, 0.6) is 5.75 Å². The van der Waals surface area contributed by atoms with Crippen molar-refractivity contribution in [2.75, 3.05) is 13.7 Å². The minimum Gasteiger partial charge on any atom is -0.496 e. The van der Waals surface area contributed by atoms with Crippen LogP contribution in [0.25, 0.3) is 0 Å². The fraction of sp³-hybridized carbons (Fsp3) is 0.350. The summed E-state index contributed by atoms with van der Waals surface area (Å²) in [5.74, 6) is 1.54. The zero-order chi connectivity index (χ0) is 18.8. The van der Waals surface area contributed by atoms with Gasteiger partial charge in [0.15, 0.2) is 0 Å². The number of H-pyrrole nitrogens is 1. The Bertz CT molecular complexity index is 994. The summed E-state index contributed by atoms with van der Waals surface area (Å²) < 4.78 is 7.40. The average molecular weight is 365 g/mol. The first-order valence-corrected chi connectivity index (χ1v) is 9.06. The zero-order valence-electron chi connectivity index (χ0n) is 15.6. The largest absolute Gasteiger partial charge is 0.496 e. The second-order valence-electron chi connectivity index (χ2n) is 6.89. The molecule has 0 fully saturated rings. The quantitative estimate of drug-likeness (QED) is 0.747. The maximum Gasteiger partial charge on any atom is 0.254 e. The van der Waals surface area contributed by atoms with Crippen molar-refractivity contribution in [2.45, 2.75) is 33.0 Å². The van der Waals surface area contributed by atoms with Crippen molar-refractivity contribution in [3.8, 4) is 5.75 Å². The summed E-state index contributed by atoms with van der Waals surface area (Å²) in [5.41, 5.74) is 4.03. The van der Waals surface area contributed by atoms with Gasteiger partial charge in [-0.2, -0.15) is 5.10 Å². The van der Waals surface area contributed by atoms with E-state index in [1.54, 1.807) is 13.3 Å². The van der Waals surface area contributed by atoms with E-state index in [2.05, 4.69) is 32.1 Å². The zero-order valence-corrected chi connectivity index (χ0v) is 15.6. The highest BCUT2D eigenvalue weighted by Gasteiger charge is 2.21. The van der Waals surface area contributed by atoms with Crippen LogP contribution >= 0.6 is 0 Å². The molecule has 0 bridgehead atoms. The Morgan fingerprint density at radius 3 is 2.96 bits per heavy atom. The first-order chi connectivity index (χ1) is 13.1. The molecule has 2 aromatic heterocycles. The molecule has 3 aromatic rings. The highest BCUT2D eigenvalue weighted by molar-refractivity contribution is 5.37. The second kappa shape index (κ2) is 7.36. The molecule has 0 saturated carbocycles. The van der Waals surface area contributed by atoms with E-state index in [-0.39, 0.29) is 5.56 Å². The molecule has 1 aliphatic rings. The molecule has 27 heavy (non-hydrogen) atoms. The highest BCUT2D eigenvalue weighted by Crippen LogP contribution is 2.23. The van der Waals surface area contributed by atoms with E-state index < -0.39 is 0 Å². The lowest BCUT2D eigenvalue weighted by molar-refractivity contribution is 0.240. The number of aromatic amines is 1. The van der Waals surface area contributed by atoms with Gasteiger partial charge in [0.1, 0.15) is 11.6 Å². The average Bonchev–Trinajstić information content (AvgIpc) is 3.14. The van der Waals surface area contributed by atoms with Crippen LogP contribution in [0.2, 0.25) is 0 Å². The molecule has 4 rings (SSSR count). The van der Waals surface area contributed by atoms with Crippen molar-refractivity contribution in [3.63, 3.8) is 0 Å². The van der Waals surface area contributed by atoms with Crippen molar-refractivity contribution in [2.24, 2.45) is 0 Å². The van der Waals surface area contributed by atoms with Crippen molar-refractivity contribution in [1.82, 2.24) is 24.6 Å². The molecular formula is C20H23N5O2. The minimum atomic E-state index is 0.00288. The molecule has 0 radical (unpaired) electrons. The van der Waals surface area contributed by atoms with Crippen LogP contribution in [0.15, 0.2) is 41.5 Å². The number of nitrogens with one attached hydrogen (secondary N) is 1. The summed E-state index contributed by atoms with van der Waals surface area (Å²) in [6.07, 6.45) is 4.45. The Labute approximate surface area is 157 Å². The second-order valence-corrected chi connectivity index (χ2v) is 6.89. The third-order valence-corrected chi connectivity index (χ3v) is 4.91. The smallest absolute Gasteiger partial charge is 0.254 e. The molecule has 7 nitrogen and oxygen atoms in total. The van der Waals surface area contributed by atoms with Gasteiger partial charge in [-0.15, -0.1) is 0 Å². The molecule has 0 unspecified atom stereocenters. The Balaban J connectivity index is 1.53. The van der Waals surface area contributed by atoms with E-state index in [1.807, 2.05) is 29.9 Å². The Morgan fingerprint density at radius 2 is 2.19 bits per heavy atom. The number of nitrogens with zero attached hydrogens (tertiary/aromatic N) is 4. The molecule has 0 spiro atoms. The fourth-order valence-corrected chi connectivity index (χ4v) is 3.63. The summed E-state index contributed by atoms with van der Waals surface area (Å²) in [4.78, 5) is 21.7. The molecule has 0 atom stereocenters. The lowest BCUT2D eigenvalue weighted by Crippen LogP contribution is -2.35. The van der Waals surface area contributed by atoms with Gasteiger partial charge < -0.3 is 9.72 Å². The molecule has 0 saturated heterocycles. The van der Waals surface area contributed by atoms with Gasteiger partial charge in [-0.1, -0.05) is 6.07 Å². The first kappa shape index (κ1) is 17.5. The number of hydrogen-bond donors (Lipinski definition) is 1. The van der Waals surface area contributed by atoms with Gasteiger partial charge in [0.25, 0.3) is 5.56 Å². The van der Waals surface area contributed by atoms with E-state index in [9.17, 15) is 4.79 Å². The lowest BCUT2D eigenvalue weighted by atomic mass is 10.0. The van der Waals surface area contributed by atoms with E-state index in [1.165, 1.54) is 5.56 Å². The van der Waals surface area contributed by atoms with Gasteiger partial charge in [0, 0.05) is 43.2 Å². The third kappa shape index (κ3) is 3.78. The van der Waals surface area contributed by atoms with Crippen LogP contribution in [0, 0.1) is 6.92 Å². The predicted octanol–water partition coefficient (Wildman–Crippen LogP) is 1.89. The molecule has 1 aliphatic heterocycles. The molecule has 0 amide bonds. The van der Waals surface area contributed by atoms with Crippen LogP contribution in [0.4, 0.5) is 0 Å². The van der Waals surface area contributed by atoms with Crippen molar-refractivity contribution < 1.29 is 4.74 Å². The number of benzene rings is 1. The summed E-state index contributed by atoms with van der Waals surface area (Å²) in [6.45, 7) is 4.85. The van der Waals surface area contributed by atoms with E-state index in [4.69, 9.17) is 4.74 Å². The fourth-order valence-electron chi connectivity index (χ4n) is 3.63. The number of rotatable bonds is 5. The van der Waals surface area contributed by atoms with Crippen LogP contribution in [0.3, 0.4) is 0 Å². The molecule has 1 N–H and O–H groups in total. The Hall–Kier alpha value is -2.93. The first-order valence-electron chi connectivity index (χ1n) is 9.06. The van der Waals surface area contributed by atoms with Crippen LogP contribution in [0.1, 0.15) is 28.2 Å². The number of aryl methyl sites for hydroxylation is 1. The number of hydrogen-bond acceptors (Lipinski definition) is 5. The van der Waals surface area contributed by atoms with Crippen molar-refractivity contribution in [1.29, 1.82) is 0 Å². The van der Waals surface area contributed by atoms with Gasteiger partial charge in [-0.25, -0.2) is 4.98 Å². The van der Waals surface area contributed by atoms with Crippen LogP contribution < -0.4 is 10.3 Å². The topological polar surface area (TPSA) is 76.0 Å². The molecular weight excluding hydrogens is 342 g/mol. The van der Waals surface area contributed by atoms with Crippen molar-refractivity contribution in [3.05, 3.63) is 75.2 Å². The van der Waals surface area contributed by atoms with E-state index in [0.717, 1.165) is 42.1 Å². The van der Waals surface area contributed by atoms with Crippen LogP contribution in [-0.4, -0.2) is 38.3 Å². The molecule has 140 valence electrons. The van der Waals surface area contributed by atoms with Gasteiger partial charge in [0.2, 0.25) is 0 Å². The van der Waals surface area contributed by atoms with Gasteiger partial charge in [0.05, 0.1) is 19.3 Å². The highest BCUT2D eigenvalue weighted by atomic mass is 16.5. The predicted molar refractivity (Wildman–Crippen MR) is 102 cm³/mol. The molecule has 7 heteroatoms. The maximum atomic E-state index is 12.1. The number of aromatic nitrogens is 4. The summed E-state index contributed by atoms with van der Waals surface area (Å²) in [7, 11) is 1.69. The molecule has 3 heterocycles. The van der Waals surface area contributed by atoms with Gasteiger partial charge in [-0.3, -0.25) is 14.4 Å². The van der Waals surface area contributed by atoms with E-state index in [0.29, 0.717) is 18.9 Å². The molecule has 1 aromatic carbocycles. The maximum absolute atomic E-state index is 12.1. The lowest BCUT2D eigenvalue weighted by Gasteiger charge is -2.27. The van der Waals surface area contributed by atoms with Gasteiger partial charge in [-0.05, 0) is 37.1 Å². The van der Waals surface area contributed by atoms with E-state index >= 15 is 0 Å². The van der Waals surface area contributed by atoms with Crippen molar-refractivity contribution >= 4 is 0 Å².